The van der Waals surface area contributed by atoms with Crippen LogP contribution in [0.3, 0.4) is 0 Å². The van der Waals surface area contributed by atoms with Crippen molar-refractivity contribution in [2.45, 2.75) is 34.6 Å². The minimum absolute atomic E-state index is 1.75. The van der Waals surface area contributed by atoms with E-state index in [4.69, 9.17) is 0 Å². The second-order valence-corrected chi connectivity index (χ2v) is 0.761. The Morgan fingerprint density at radius 2 is 1.18 bits per heavy atom. The summed E-state index contributed by atoms with van der Waals surface area (Å²) in [5.41, 5.74) is 0. The molecule has 0 atom stereocenters. The summed E-state index contributed by atoms with van der Waals surface area (Å²) in [6.45, 7) is 19.4. The second kappa shape index (κ2) is 126. The Morgan fingerprint density at radius 1 is 0.909 bits per heavy atom. The third-order valence-electron chi connectivity index (χ3n) is 0.329. The van der Waals surface area contributed by atoms with Crippen molar-refractivity contribution < 1.29 is 0 Å². The van der Waals surface area contributed by atoms with Crippen molar-refractivity contribution in [3.05, 3.63) is 38.0 Å². The summed E-state index contributed by atoms with van der Waals surface area (Å²) < 4.78 is 0. The number of allylic oxidation sites excluding steroid dienone is 3. The van der Waals surface area contributed by atoms with Crippen LogP contribution < -0.4 is 0 Å². The highest BCUT2D eigenvalue weighted by molar-refractivity contribution is 4.94. The summed E-state index contributed by atoms with van der Waals surface area (Å²) in [5, 5.41) is 0. The molecule has 0 heterocycles. The quantitative estimate of drug-likeness (QED) is 0.384. The van der Waals surface area contributed by atoms with Crippen LogP contribution >= 0.6 is 0 Å². The van der Waals surface area contributed by atoms with Crippen molar-refractivity contribution in [3.8, 4) is 0 Å². The highest BCUT2D eigenvalue weighted by atomic mass is 13.5. The molecule has 0 unspecified atom stereocenters. The first-order valence-electron chi connectivity index (χ1n) is 4.15. The lowest BCUT2D eigenvalue weighted by Gasteiger charge is -1.56. The minimum atomic E-state index is 1.75. The molecule has 0 nitrogen and oxygen atoms in total. The summed E-state index contributed by atoms with van der Waals surface area (Å²) in [7, 11) is 0. The molecule has 0 aliphatic rings. The number of rotatable bonds is 1. The van der Waals surface area contributed by atoms with E-state index in [0.29, 0.717) is 0 Å². The van der Waals surface area contributed by atoms with E-state index >= 15 is 0 Å². The predicted octanol–water partition coefficient (Wildman–Crippen LogP) is 4.60. The topological polar surface area (TPSA) is 0 Å². The summed E-state index contributed by atoms with van der Waals surface area (Å²) >= 11 is 0. The molecule has 0 saturated heterocycles. The second-order valence-electron chi connectivity index (χ2n) is 0.761. The van der Waals surface area contributed by atoms with Crippen LogP contribution in [0.15, 0.2) is 38.0 Å². The van der Waals surface area contributed by atoms with Crippen LogP contribution in [0.4, 0.5) is 0 Å². The van der Waals surface area contributed by atoms with Crippen molar-refractivity contribution in [3.63, 3.8) is 0 Å². The fourth-order valence-corrected chi connectivity index (χ4v) is 0.136. The molecular formula is C11H24. The average Bonchev–Trinajstić information content (AvgIpc) is 2.16. The Balaban J connectivity index is -0.0000000350. The van der Waals surface area contributed by atoms with Gasteiger partial charge in [0.2, 0.25) is 0 Å². The van der Waals surface area contributed by atoms with Crippen molar-refractivity contribution in [2.24, 2.45) is 0 Å². The van der Waals surface area contributed by atoms with E-state index < -0.39 is 0 Å². The fourth-order valence-electron chi connectivity index (χ4n) is 0.136. The fraction of sp³-hybridized carbons (Fsp3) is 0.455. The van der Waals surface area contributed by atoms with Gasteiger partial charge < -0.3 is 0 Å². The Hall–Kier alpha value is -0.780. The first-order chi connectivity index (χ1) is 5.41. The molecule has 0 heteroatoms. The van der Waals surface area contributed by atoms with Gasteiger partial charge in [-0.1, -0.05) is 52.5 Å². The Morgan fingerprint density at radius 3 is 1.18 bits per heavy atom. The van der Waals surface area contributed by atoms with Gasteiger partial charge in [-0.15, -0.1) is 13.2 Å². The summed E-state index contributed by atoms with van der Waals surface area (Å²) in [6, 6.07) is 0. The maximum absolute atomic E-state index is 3.46. The molecule has 11 heavy (non-hydrogen) atoms. The maximum Gasteiger partial charge on any atom is -0.0467 e. The molecular weight excluding hydrogens is 132 g/mol. The molecule has 0 N–H and O–H groups in total. The van der Waals surface area contributed by atoms with Crippen LogP contribution in [0.25, 0.3) is 0 Å². The standard InChI is InChI=1S/C5H8.2C2H6.C2H4/c1-3-5-4-2;3*1-2/h3-5H,1H2,2H3;2*1-2H3;1-2H2/b5-4-;;;. The lowest BCUT2D eigenvalue weighted by Crippen LogP contribution is -1.33. The summed E-state index contributed by atoms with van der Waals surface area (Å²) in [4.78, 5) is 0. The van der Waals surface area contributed by atoms with E-state index in [9.17, 15) is 0 Å². The van der Waals surface area contributed by atoms with E-state index in [-0.39, 0.29) is 0 Å². The zero-order valence-electron chi connectivity index (χ0n) is 8.85. The van der Waals surface area contributed by atoms with Crippen molar-refractivity contribution in [2.75, 3.05) is 0 Å². The first-order valence-corrected chi connectivity index (χ1v) is 4.15. The van der Waals surface area contributed by atoms with Gasteiger partial charge in [0.1, 0.15) is 0 Å². The highest BCUT2D eigenvalue weighted by Crippen LogP contribution is 1.64. The monoisotopic (exact) mass is 156 g/mol. The summed E-state index contributed by atoms with van der Waals surface area (Å²) in [6.07, 6.45) is 5.58. The molecule has 0 radical (unpaired) electrons. The Bertz CT molecular complexity index is 51.1. The molecule has 0 aromatic heterocycles. The molecule has 0 aromatic carbocycles. The van der Waals surface area contributed by atoms with E-state index in [2.05, 4.69) is 19.7 Å². The Labute approximate surface area is 73.3 Å². The smallest absolute Gasteiger partial charge is 0.0467 e. The molecule has 0 aliphatic carbocycles. The van der Waals surface area contributed by atoms with Gasteiger partial charge in [-0.2, -0.15) is 0 Å². The van der Waals surface area contributed by atoms with Gasteiger partial charge in [-0.3, -0.25) is 0 Å². The van der Waals surface area contributed by atoms with Crippen LogP contribution in [0, 0.1) is 0 Å². The molecule has 0 amide bonds. The van der Waals surface area contributed by atoms with E-state index in [1.54, 1.807) is 6.08 Å². The van der Waals surface area contributed by atoms with Crippen LogP contribution in [-0.2, 0) is 0 Å². The maximum atomic E-state index is 3.46. The molecule has 0 fully saturated rings. The zero-order chi connectivity index (χ0) is 10.1. The number of hydrogen-bond donors (Lipinski definition) is 0. The number of hydrogen-bond acceptors (Lipinski definition) is 0. The van der Waals surface area contributed by atoms with Gasteiger partial charge in [0.05, 0.1) is 0 Å². The SMILES string of the molecule is C=C.C=C/C=C\C.CC.CC. The van der Waals surface area contributed by atoms with Gasteiger partial charge >= 0.3 is 0 Å². The van der Waals surface area contributed by atoms with Crippen molar-refractivity contribution in [1.29, 1.82) is 0 Å². The predicted molar refractivity (Wildman–Crippen MR) is 59.0 cm³/mol. The Kier molecular flexibility index (Phi) is 258. The minimum Gasteiger partial charge on any atom is -0.106 e. The molecule has 0 saturated carbocycles. The third kappa shape index (κ3) is 323. The van der Waals surface area contributed by atoms with Gasteiger partial charge in [-0.25, -0.2) is 0 Å². The molecule has 0 aromatic rings. The van der Waals surface area contributed by atoms with Gasteiger partial charge in [-0.05, 0) is 6.92 Å². The van der Waals surface area contributed by atoms with Crippen LogP contribution in [-0.4, -0.2) is 0 Å². The normalized spacial score (nSPS) is 5.55. The van der Waals surface area contributed by atoms with Gasteiger partial charge in [0.25, 0.3) is 0 Å². The third-order valence-corrected chi connectivity index (χ3v) is 0.329. The average molecular weight is 156 g/mol. The first kappa shape index (κ1) is 22.5. The van der Waals surface area contributed by atoms with E-state index in [1.807, 2.05) is 46.8 Å². The zero-order valence-corrected chi connectivity index (χ0v) is 8.85. The lowest BCUT2D eigenvalue weighted by molar-refractivity contribution is 1.50. The van der Waals surface area contributed by atoms with Gasteiger partial charge in [0, 0.05) is 0 Å². The molecule has 68 valence electrons. The molecule has 0 spiro atoms. The van der Waals surface area contributed by atoms with E-state index in [0.717, 1.165) is 0 Å². The summed E-state index contributed by atoms with van der Waals surface area (Å²) in [5.74, 6) is 0. The lowest BCUT2D eigenvalue weighted by atomic mass is 10.5. The van der Waals surface area contributed by atoms with Gasteiger partial charge in [0.15, 0.2) is 0 Å². The van der Waals surface area contributed by atoms with E-state index in [1.165, 1.54) is 0 Å². The van der Waals surface area contributed by atoms with Crippen molar-refractivity contribution >= 4 is 0 Å². The molecule has 0 aliphatic heterocycles. The molecule has 0 rings (SSSR count). The van der Waals surface area contributed by atoms with Crippen LogP contribution in [0.5, 0.6) is 0 Å². The highest BCUT2D eigenvalue weighted by Gasteiger charge is 1.42. The van der Waals surface area contributed by atoms with Crippen molar-refractivity contribution in [1.82, 2.24) is 0 Å². The molecule has 0 bridgehead atoms. The van der Waals surface area contributed by atoms with Crippen LogP contribution in [0.1, 0.15) is 34.6 Å². The largest absolute Gasteiger partial charge is 0.106 e. The van der Waals surface area contributed by atoms with Crippen LogP contribution in [0.2, 0.25) is 0 Å².